The van der Waals surface area contributed by atoms with Gasteiger partial charge in [-0.25, -0.2) is 9.97 Å². The van der Waals surface area contributed by atoms with Gasteiger partial charge in [-0.2, -0.15) is 0 Å². The zero-order valence-electron chi connectivity index (χ0n) is 9.51. The summed E-state index contributed by atoms with van der Waals surface area (Å²) in [6, 6.07) is 3.56. The van der Waals surface area contributed by atoms with Gasteiger partial charge in [-0.1, -0.05) is 11.8 Å². The van der Waals surface area contributed by atoms with Crippen LogP contribution in [0.4, 0.5) is 0 Å². The highest BCUT2D eigenvalue weighted by molar-refractivity contribution is 6.19. The molecule has 2 aromatic heterocycles. The van der Waals surface area contributed by atoms with E-state index < -0.39 is 0 Å². The Bertz CT molecular complexity index is 563. The Morgan fingerprint density at radius 1 is 1.22 bits per heavy atom. The molecule has 2 aromatic rings. The average Bonchev–Trinajstić information content (AvgIpc) is 2.44. The number of aromatic nitrogens is 3. The van der Waals surface area contributed by atoms with E-state index in [-0.39, 0.29) is 0 Å². The molecule has 0 N–H and O–H groups in total. The van der Waals surface area contributed by atoms with Gasteiger partial charge in [0.25, 0.3) is 0 Å². The van der Waals surface area contributed by atoms with E-state index in [4.69, 9.17) is 16.3 Å². The minimum absolute atomic E-state index is 0.295. The Morgan fingerprint density at radius 3 is 2.83 bits per heavy atom. The molecule has 5 heteroatoms. The van der Waals surface area contributed by atoms with Crippen LogP contribution >= 0.6 is 11.6 Å². The minimum atomic E-state index is 0.295. The molecule has 0 bridgehead atoms. The second-order valence-corrected chi connectivity index (χ2v) is 3.57. The summed E-state index contributed by atoms with van der Waals surface area (Å²) in [5.74, 6) is 7.18. The van der Waals surface area contributed by atoms with E-state index >= 15 is 0 Å². The Balaban J connectivity index is 2.01. The molecule has 0 aliphatic carbocycles. The molecule has 0 saturated carbocycles. The Kier molecular flexibility index (Phi) is 4.51. The van der Waals surface area contributed by atoms with E-state index in [0.29, 0.717) is 24.1 Å². The fourth-order valence-corrected chi connectivity index (χ4v) is 1.32. The lowest BCUT2D eigenvalue weighted by Crippen LogP contribution is -2.00. The van der Waals surface area contributed by atoms with Crippen LogP contribution in [-0.4, -0.2) is 20.8 Å². The zero-order chi connectivity index (χ0) is 12.6. The Hall–Kier alpha value is -2.12. The predicted octanol–water partition coefficient (Wildman–Crippen LogP) is 2.04. The lowest BCUT2D eigenvalue weighted by Gasteiger charge is -2.04. The van der Waals surface area contributed by atoms with Gasteiger partial charge >= 0.3 is 0 Å². The molecule has 0 amide bonds. The fraction of sp³-hybridized carbons (Fsp3) is 0.154. The molecule has 0 aliphatic rings. The lowest BCUT2D eigenvalue weighted by atomic mass is 10.3. The average molecular weight is 260 g/mol. The van der Waals surface area contributed by atoms with E-state index in [9.17, 15) is 0 Å². The van der Waals surface area contributed by atoms with Gasteiger partial charge in [0.05, 0.1) is 12.1 Å². The van der Waals surface area contributed by atoms with Crippen LogP contribution in [0.25, 0.3) is 0 Å². The summed E-state index contributed by atoms with van der Waals surface area (Å²) in [4.78, 5) is 12.2. The first-order valence-electron chi connectivity index (χ1n) is 5.27. The second kappa shape index (κ2) is 6.58. The molecular weight excluding hydrogens is 250 g/mol. The summed E-state index contributed by atoms with van der Waals surface area (Å²) in [6.07, 6.45) is 6.62. The van der Waals surface area contributed by atoms with Crippen molar-refractivity contribution in [2.75, 3.05) is 5.88 Å². The van der Waals surface area contributed by atoms with Crippen molar-refractivity contribution >= 4 is 11.6 Å². The summed E-state index contributed by atoms with van der Waals surface area (Å²) in [5, 5.41) is 0. The van der Waals surface area contributed by atoms with Crippen LogP contribution in [0.3, 0.4) is 0 Å². The number of hydrogen-bond donors (Lipinski definition) is 0. The molecule has 0 aliphatic heterocycles. The lowest BCUT2D eigenvalue weighted by molar-refractivity contribution is 0.294. The van der Waals surface area contributed by atoms with Crippen molar-refractivity contribution in [2.45, 2.75) is 6.61 Å². The number of hydrogen-bond acceptors (Lipinski definition) is 4. The molecule has 0 radical (unpaired) electrons. The van der Waals surface area contributed by atoms with Gasteiger partial charge in [0, 0.05) is 24.2 Å². The van der Waals surface area contributed by atoms with Crippen LogP contribution in [0.5, 0.6) is 5.75 Å². The first kappa shape index (κ1) is 12.3. The third-order valence-electron chi connectivity index (χ3n) is 2.00. The van der Waals surface area contributed by atoms with Crippen molar-refractivity contribution in [3.05, 3.63) is 48.3 Å². The van der Waals surface area contributed by atoms with E-state index in [1.807, 2.05) is 0 Å². The first-order chi connectivity index (χ1) is 8.88. The maximum atomic E-state index is 5.52. The van der Waals surface area contributed by atoms with Gasteiger partial charge < -0.3 is 4.74 Å². The number of nitrogens with zero attached hydrogens (tertiary/aromatic N) is 3. The van der Waals surface area contributed by atoms with Gasteiger partial charge in [0.15, 0.2) is 5.82 Å². The molecule has 2 heterocycles. The smallest absolute Gasteiger partial charge is 0.166 e. The normalized spacial score (nSPS) is 9.39. The van der Waals surface area contributed by atoms with Crippen molar-refractivity contribution in [1.29, 1.82) is 0 Å². The van der Waals surface area contributed by atoms with Crippen LogP contribution in [0, 0.1) is 11.8 Å². The molecule has 0 unspecified atom stereocenters. The molecule has 0 aromatic carbocycles. The van der Waals surface area contributed by atoms with E-state index in [2.05, 4.69) is 26.8 Å². The summed E-state index contributed by atoms with van der Waals surface area (Å²) in [5.41, 5.74) is 0.766. The molecule has 4 nitrogen and oxygen atoms in total. The van der Waals surface area contributed by atoms with Crippen molar-refractivity contribution in [1.82, 2.24) is 15.0 Å². The second-order valence-electron chi connectivity index (χ2n) is 3.30. The quantitative estimate of drug-likeness (QED) is 0.625. The number of rotatable bonds is 3. The largest absolute Gasteiger partial charge is 0.484 e. The molecule has 2 rings (SSSR count). The van der Waals surface area contributed by atoms with Crippen LogP contribution in [0.15, 0.2) is 36.9 Å². The van der Waals surface area contributed by atoms with E-state index in [0.717, 1.165) is 5.56 Å². The third kappa shape index (κ3) is 3.72. The van der Waals surface area contributed by atoms with Gasteiger partial charge in [-0.15, -0.1) is 11.6 Å². The van der Waals surface area contributed by atoms with Gasteiger partial charge in [0.2, 0.25) is 0 Å². The minimum Gasteiger partial charge on any atom is -0.484 e. The van der Waals surface area contributed by atoms with Gasteiger partial charge in [-0.3, -0.25) is 4.98 Å². The number of alkyl halides is 1. The van der Waals surface area contributed by atoms with E-state index in [1.54, 1.807) is 36.9 Å². The maximum Gasteiger partial charge on any atom is 0.166 e. The van der Waals surface area contributed by atoms with E-state index in [1.165, 1.54) is 0 Å². The zero-order valence-corrected chi connectivity index (χ0v) is 10.3. The predicted molar refractivity (Wildman–Crippen MR) is 68.2 cm³/mol. The summed E-state index contributed by atoms with van der Waals surface area (Å²) < 4.78 is 5.52. The van der Waals surface area contributed by atoms with Gasteiger partial charge in [0.1, 0.15) is 12.4 Å². The summed E-state index contributed by atoms with van der Waals surface area (Å²) >= 11 is 5.49. The standard InChI is InChI=1S/C13H10ClN3O/c14-4-1-3-11-7-12(9-15-8-11)18-10-13-16-5-2-6-17-13/h2,5-9H,4,10H2. The third-order valence-corrected chi connectivity index (χ3v) is 2.13. The molecule has 0 atom stereocenters. The van der Waals surface area contributed by atoms with Crippen molar-refractivity contribution in [3.63, 3.8) is 0 Å². The maximum absolute atomic E-state index is 5.52. The molecule has 90 valence electrons. The van der Waals surface area contributed by atoms with Gasteiger partial charge in [-0.05, 0) is 12.1 Å². The highest BCUT2D eigenvalue weighted by Gasteiger charge is 1.98. The van der Waals surface area contributed by atoms with Crippen LogP contribution in [-0.2, 0) is 6.61 Å². The number of pyridine rings is 1. The molecule has 0 fully saturated rings. The Morgan fingerprint density at radius 2 is 2.06 bits per heavy atom. The fourth-order valence-electron chi connectivity index (χ4n) is 1.25. The first-order valence-corrected chi connectivity index (χ1v) is 5.80. The topological polar surface area (TPSA) is 47.9 Å². The van der Waals surface area contributed by atoms with Crippen LogP contribution < -0.4 is 4.74 Å². The van der Waals surface area contributed by atoms with Crippen molar-refractivity contribution < 1.29 is 4.74 Å². The molecule has 18 heavy (non-hydrogen) atoms. The highest BCUT2D eigenvalue weighted by Crippen LogP contribution is 2.11. The SMILES string of the molecule is ClCC#Cc1cncc(OCc2ncccn2)c1. The highest BCUT2D eigenvalue weighted by atomic mass is 35.5. The molecule has 0 spiro atoms. The Labute approximate surface area is 110 Å². The van der Waals surface area contributed by atoms with Crippen LogP contribution in [0.1, 0.15) is 11.4 Å². The van der Waals surface area contributed by atoms with Crippen molar-refractivity contribution in [3.8, 4) is 17.6 Å². The monoisotopic (exact) mass is 259 g/mol. The summed E-state index contributed by atoms with van der Waals surface area (Å²) in [6.45, 7) is 0.301. The summed E-state index contributed by atoms with van der Waals surface area (Å²) in [7, 11) is 0. The molecule has 0 saturated heterocycles. The number of halogens is 1. The van der Waals surface area contributed by atoms with Crippen molar-refractivity contribution in [2.24, 2.45) is 0 Å². The molecular formula is C13H10ClN3O. The van der Waals surface area contributed by atoms with Crippen LogP contribution in [0.2, 0.25) is 0 Å². The number of ether oxygens (including phenoxy) is 1.